The standard InChI is InChI=1S/C71H134O17P2/c1-6-9-12-15-18-20-22-24-26-28-30-32-36-41-46-51-56-70(75)88-67(61-82-69(74)55-50-45-40-35-31-29-27-25-23-21-19-16-13-10-7-2)63-86-90(79,80)84-59-65(72)58-83-89(77,78)85-62-66(60-81-68(73)54-49-44-38-17-14-11-8-3)87-71(76)57-52-47-42-37-33-34-39-43-48-53-64(4)5/h21,23,25,27,64-67,72H,6-20,22,24,26,28-63H2,1-5H3,(H,77,78)(H,79,80)/b23-21-,27-25-/t65-,66+,67+/m0/s1. The molecule has 19 heteroatoms. The highest BCUT2D eigenvalue weighted by Gasteiger charge is 2.30. The molecule has 0 aromatic rings. The molecule has 0 heterocycles. The van der Waals surface area contributed by atoms with Crippen LogP contribution in [0, 0.1) is 5.92 Å². The summed E-state index contributed by atoms with van der Waals surface area (Å²) in [7, 11) is -9.91. The molecule has 530 valence electrons. The molecule has 0 fully saturated rings. The van der Waals surface area contributed by atoms with E-state index in [4.69, 9.17) is 37.0 Å². The van der Waals surface area contributed by atoms with E-state index in [9.17, 15) is 43.2 Å². The second kappa shape index (κ2) is 63.9. The number of phosphoric ester groups is 2. The number of phosphoric acid groups is 2. The Morgan fingerprint density at radius 2 is 0.600 bits per heavy atom. The first-order valence-electron chi connectivity index (χ1n) is 36.5. The van der Waals surface area contributed by atoms with Crippen molar-refractivity contribution in [3.05, 3.63) is 24.3 Å². The molecule has 2 unspecified atom stereocenters. The van der Waals surface area contributed by atoms with Gasteiger partial charge in [0, 0.05) is 25.7 Å². The summed E-state index contributed by atoms with van der Waals surface area (Å²) in [6.45, 7) is 7.12. The van der Waals surface area contributed by atoms with Gasteiger partial charge >= 0.3 is 39.5 Å². The van der Waals surface area contributed by atoms with Crippen molar-refractivity contribution in [3.8, 4) is 0 Å². The number of aliphatic hydroxyl groups is 1. The van der Waals surface area contributed by atoms with Gasteiger partial charge in [0.15, 0.2) is 12.2 Å². The van der Waals surface area contributed by atoms with Crippen LogP contribution in [-0.4, -0.2) is 96.7 Å². The van der Waals surface area contributed by atoms with Crippen molar-refractivity contribution in [2.45, 2.75) is 361 Å². The zero-order chi connectivity index (χ0) is 66.3. The lowest BCUT2D eigenvalue weighted by molar-refractivity contribution is -0.161. The molecule has 0 radical (unpaired) electrons. The molecule has 0 saturated heterocycles. The predicted octanol–water partition coefficient (Wildman–Crippen LogP) is 20.1. The second-order valence-electron chi connectivity index (χ2n) is 25.4. The van der Waals surface area contributed by atoms with Crippen LogP contribution < -0.4 is 0 Å². The van der Waals surface area contributed by atoms with E-state index in [1.54, 1.807) is 0 Å². The Morgan fingerprint density at radius 3 is 0.911 bits per heavy atom. The summed E-state index contributed by atoms with van der Waals surface area (Å²) in [5.74, 6) is -1.42. The molecule has 5 atom stereocenters. The molecule has 0 aromatic carbocycles. The van der Waals surface area contributed by atoms with Crippen molar-refractivity contribution in [2.24, 2.45) is 5.92 Å². The van der Waals surface area contributed by atoms with Crippen LogP contribution in [0.25, 0.3) is 0 Å². The topological polar surface area (TPSA) is 237 Å². The van der Waals surface area contributed by atoms with Crippen LogP contribution in [0.4, 0.5) is 0 Å². The van der Waals surface area contributed by atoms with Crippen LogP contribution >= 0.6 is 15.6 Å². The van der Waals surface area contributed by atoms with Gasteiger partial charge in [-0.05, 0) is 57.3 Å². The Labute approximate surface area is 548 Å². The van der Waals surface area contributed by atoms with Gasteiger partial charge in [0.25, 0.3) is 0 Å². The lowest BCUT2D eigenvalue weighted by atomic mass is 10.0. The van der Waals surface area contributed by atoms with Gasteiger partial charge in [-0.25, -0.2) is 9.13 Å². The van der Waals surface area contributed by atoms with E-state index in [0.29, 0.717) is 25.7 Å². The Bertz CT molecular complexity index is 1830. The number of rotatable bonds is 69. The summed E-state index contributed by atoms with van der Waals surface area (Å²) < 4.78 is 68.2. The smallest absolute Gasteiger partial charge is 0.462 e. The maximum Gasteiger partial charge on any atom is 0.472 e. The van der Waals surface area contributed by atoms with Gasteiger partial charge in [-0.1, -0.05) is 290 Å². The average Bonchev–Trinajstić information content (AvgIpc) is 3.64. The monoisotopic (exact) mass is 1320 g/mol. The zero-order valence-corrected chi connectivity index (χ0v) is 59.5. The summed E-state index contributed by atoms with van der Waals surface area (Å²) in [5.41, 5.74) is 0. The van der Waals surface area contributed by atoms with Gasteiger partial charge in [-0.2, -0.15) is 0 Å². The molecule has 0 spiro atoms. The van der Waals surface area contributed by atoms with Crippen LogP contribution in [0.1, 0.15) is 343 Å². The first-order valence-corrected chi connectivity index (χ1v) is 39.4. The number of aliphatic hydroxyl groups excluding tert-OH is 1. The van der Waals surface area contributed by atoms with Crippen molar-refractivity contribution in [2.75, 3.05) is 39.6 Å². The number of hydrogen-bond acceptors (Lipinski definition) is 15. The minimum absolute atomic E-state index is 0.101. The third-order valence-corrected chi connectivity index (χ3v) is 17.8. The van der Waals surface area contributed by atoms with Gasteiger partial charge in [-0.15, -0.1) is 0 Å². The zero-order valence-electron chi connectivity index (χ0n) is 57.8. The number of ether oxygens (including phenoxy) is 4. The molecule has 3 N–H and O–H groups in total. The highest BCUT2D eigenvalue weighted by atomic mass is 31.2. The third kappa shape index (κ3) is 64.3. The average molecular weight is 1320 g/mol. The summed E-state index contributed by atoms with van der Waals surface area (Å²) in [6.07, 6.45) is 53.6. The highest BCUT2D eigenvalue weighted by molar-refractivity contribution is 7.47. The van der Waals surface area contributed by atoms with Crippen LogP contribution in [-0.2, 0) is 65.4 Å². The number of allylic oxidation sites excluding steroid dienone is 4. The normalized spacial score (nSPS) is 14.2. The Balaban J connectivity index is 5.24. The molecule has 17 nitrogen and oxygen atoms in total. The fourth-order valence-corrected chi connectivity index (χ4v) is 11.9. The van der Waals surface area contributed by atoms with E-state index < -0.39 is 97.5 Å². The Hall–Kier alpha value is -2.46. The number of esters is 4. The molecule has 0 bridgehead atoms. The van der Waals surface area contributed by atoms with Crippen LogP contribution in [0.2, 0.25) is 0 Å². The van der Waals surface area contributed by atoms with Crippen molar-refractivity contribution >= 4 is 39.5 Å². The summed E-state index contributed by atoms with van der Waals surface area (Å²) in [5, 5.41) is 10.6. The van der Waals surface area contributed by atoms with E-state index in [1.807, 2.05) is 0 Å². The van der Waals surface area contributed by atoms with E-state index in [0.717, 1.165) is 128 Å². The minimum atomic E-state index is -4.96. The van der Waals surface area contributed by atoms with Gasteiger partial charge in [-0.3, -0.25) is 37.3 Å². The van der Waals surface area contributed by atoms with E-state index in [1.165, 1.54) is 135 Å². The van der Waals surface area contributed by atoms with Gasteiger partial charge in [0.1, 0.15) is 19.3 Å². The summed E-state index contributed by atoms with van der Waals surface area (Å²) >= 11 is 0. The van der Waals surface area contributed by atoms with Crippen molar-refractivity contribution in [1.82, 2.24) is 0 Å². The van der Waals surface area contributed by atoms with Gasteiger partial charge in [0.05, 0.1) is 26.4 Å². The largest absolute Gasteiger partial charge is 0.472 e. The fraction of sp³-hybridized carbons (Fsp3) is 0.887. The molecule has 0 aliphatic rings. The minimum Gasteiger partial charge on any atom is -0.462 e. The molecular formula is C71H134O17P2. The van der Waals surface area contributed by atoms with Crippen molar-refractivity contribution < 1.29 is 80.2 Å². The SMILES string of the molecule is CCCCCC/C=C\C=C/CCCCCCCC(=O)OC[C@H](COP(=O)(O)OC[C@@H](O)COP(=O)(O)OC[C@@H](COC(=O)CCCCCCCCC)OC(=O)CCCCCCCCCCCC(C)C)OC(=O)CCCCCCCCCCCCCCCCCC. The lowest BCUT2D eigenvalue weighted by Gasteiger charge is -2.21. The molecule has 0 aliphatic carbocycles. The summed E-state index contributed by atoms with van der Waals surface area (Å²) in [6, 6.07) is 0. The third-order valence-electron chi connectivity index (χ3n) is 15.9. The quantitative estimate of drug-likeness (QED) is 0.0169. The van der Waals surface area contributed by atoms with Gasteiger partial charge in [0.2, 0.25) is 0 Å². The molecule has 0 amide bonds. The first-order chi connectivity index (χ1) is 43.5. The van der Waals surface area contributed by atoms with Gasteiger partial charge < -0.3 is 33.8 Å². The van der Waals surface area contributed by atoms with Crippen LogP contribution in [0.5, 0.6) is 0 Å². The van der Waals surface area contributed by atoms with Crippen LogP contribution in [0.3, 0.4) is 0 Å². The number of hydrogen-bond donors (Lipinski definition) is 3. The lowest BCUT2D eigenvalue weighted by Crippen LogP contribution is -2.30. The maximum atomic E-state index is 13.0. The maximum absolute atomic E-state index is 13.0. The van der Waals surface area contributed by atoms with E-state index in [2.05, 4.69) is 58.9 Å². The second-order valence-corrected chi connectivity index (χ2v) is 28.3. The fourth-order valence-electron chi connectivity index (χ4n) is 10.3. The molecule has 0 saturated carbocycles. The van der Waals surface area contributed by atoms with E-state index >= 15 is 0 Å². The number of unbranched alkanes of at least 4 members (excludes halogenated alkanes) is 38. The number of carbonyl (C=O) groups excluding carboxylic acids is 4. The van der Waals surface area contributed by atoms with E-state index in [-0.39, 0.29) is 25.7 Å². The van der Waals surface area contributed by atoms with Crippen molar-refractivity contribution in [3.63, 3.8) is 0 Å². The summed E-state index contributed by atoms with van der Waals surface area (Å²) in [4.78, 5) is 72.4. The number of carbonyl (C=O) groups is 4. The molecule has 0 aliphatic heterocycles. The predicted molar refractivity (Wildman–Crippen MR) is 363 cm³/mol. The molecule has 90 heavy (non-hydrogen) atoms. The Morgan fingerprint density at radius 1 is 0.344 bits per heavy atom. The Kier molecular flexibility index (Phi) is 62.2. The first kappa shape index (κ1) is 87.5. The highest BCUT2D eigenvalue weighted by Crippen LogP contribution is 2.45. The molecule has 0 aromatic heterocycles. The van der Waals surface area contributed by atoms with Crippen LogP contribution in [0.15, 0.2) is 24.3 Å². The van der Waals surface area contributed by atoms with Crippen molar-refractivity contribution in [1.29, 1.82) is 0 Å². The molecule has 0 rings (SSSR count). The molecular weight excluding hydrogens is 1190 g/mol.